The second kappa shape index (κ2) is 5.70. The Morgan fingerprint density at radius 3 is 2.00 bits per heavy atom. The zero-order chi connectivity index (χ0) is 12.2. The summed E-state index contributed by atoms with van der Waals surface area (Å²) >= 11 is 0. The molecule has 0 aliphatic rings. The highest BCUT2D eigenvalue weighted by Gasteiger charge is 2.27. The lowest BCUT2D eigenvalue weighted by atomic mass is 10.0. The Hall–Kier alpha value is -1.10. The van der Waals surface area contributed by atoms with E-state index in [0.717, 1.165) is 0 Å². The van der Waals surface area contributed by atoms with Gasteiger partial charge in [-0.2, -0.15) is 0 Å². The van der Waals surface area contributed by atoms with E-state index in [1.165, 1.54) is 0 Å². The van der Waals surface area contributed by atoms with Crippen LogP contribution in [0.1, 0.15) is 27.7 Å². The van der Waals surface area contributed by atoms with Crippen LogP contribution >= 0.6 is 0 Å². The number of nitrogens with two attached hydrogens (primary N) is 1. The summed E-state index contributed by atoms with van der Waals surface area (Å²) in [5, 5.41) is 8.87. The molecule has 2 atom stereocenters. The summed E-state index contributed by atoms with van der Waals surface area (Å²) < 4.78 is 0. The number of carbonyl (C=O) groups is 2. The molecular weight excluding hydrogens is 196 g/mol. The van der Waals surface area contributed by atoms with Gasteiger partial charge in [-0.15, -0.1) is 0 Å². The number of hydrogen-bond donors (Lipinski definition) is 2. The number of carbonyl (C=O) groups excluding carboxylic acids is 1. The zero-order valence-corrected chi connectivity index (χ0v) is 9.73. The molecule has 2 unspecified atom stereocenters. The lowest BCUT2D eigenvalue weighted by Gasteiger charge is -2.33. The van der Waals surface area contributed by atoms with E-state index < -0.39 is 17.8 Å². The van der Waals surface area contributed by atoms with E-state index in [0.29, 0.717) is 0 Å². The Morgan fingerprint density at radius 1 is 1.27 bits per heavy atom. The van der Waals surface area contributed by atoms with Gasteiger partial charge in [-0.25, -0.2) is 0 Å². The molecule has 0 spiro atoms. The first-order valence-corrected chi connectivity index (χ1v) is 5.04. The number of nitrogens with zero attached hydrogens (tertiary/aromatic N) is 1. The van der Waals surface area contributed by atoms with Crippen LogP contribution in [0.15, 0.2) is 0 Å². The Labute approximate surface area is 90.2 Å². The molecular formula is C10H20N2O3. The minimum atomic E-state index is -0.863. The molecule has 0 heterocycles. The first kappa shape index (κ1) is 13.9. The fourth-order valence-electron chi connectivity index (χ4n) is 1.47. The van der Waals surface area contributed by atoms with E-state index in [4.69, 9.17) is 10.8 Å². The maximum atomic E-state index is 10.8. The summed E-state index contributed by atoms with van der Waals surface area (Å²) in [7, 11) is 0. The van der Waals surface area contributed by atoms with Crippen molar-refractivity contribution in [3.8, 4) is 0 Å². The second-order valence-corrected chi connectivity index (χ2v) is 4.10. The Bertz CT molecular complexity index is 241. The summed E-state index contributed by atoms with van der Waals surface area (Å²) in [5.74, 6) is -1.82. The molecule has 0 aromatic rings. The average molecular weight is 216 g/mol. The largest absolute Gasteiger partial charge is 0.481 e. The normalized spacial score (nSPS) is 15.3. The van der Waals surface area contributed by atoms with Crippen molar-refractivity contribution in [2.45, 2.75) is 39.8 Å². The van der Waals surface area contributed by atoms with Gasteiger partial charge in [0.05, 0.1) is 12.5 Å². The van der Waals surface area contributed by atoms with Crippen molar-refractivity contribution in [2.75, 3.05) is 6.54 Å². The lowest BCUT2D eigenvalue weighted by molar-refractivity contribution is -0.144. The summed E-state index contributed by atoms with van der Waals surface area (Å²) in [6, 6.07) is -0.121. The third-order valence-electron chi connectivity index (χ3n) is 2.64. The molecule has 0 aromatic carbocycles. The van der Waals surface area contributed by atoms with Crippen LogP contribution in [0.2, 0.25) is 0 Å². The highest BCUT2D eigenvalue weighted by Crippen LogP contribution is 2.13. The molecule has 15 heavy (non-hydrogen) atoms. The molecule has 0 saturated carbocycles. The number of primary amides is 1. The molecule has 3 N–H and O–H groups in total. The third-order valence-corrected chi connectivity index (χ3v) is 2.64. The molecule has 0 aromatic heterocycles. The van der Waals surface area contributed by atoms with Gasteiger partial charge >= 0.3 is 5.97 Å². The quantitative estimate of drug-likeness (QED) is 0.668. The van der Waals surface area contributed by atoms with Crippen molar-refractivity contribution in [3.63, 3.8) is 0 Å². The van der Waals surface area contributed by atoms with Crippen molar-refractivity contribution in [1.82, 2.24) is 4.90 Å². The van der Waals surface area contributed by atoms with Crippen molar-refractivity contribution >= 4 is 11.9 Å². The van der Waals surface area contributed by atoms with Gasteiger partial charge in [0.1, 0.15) is 0 Å². The zero-order valence-electron chi connectivity index (χ0n) is 9.73. The Kier molecular flexibility index (Phi) is 5.28. The average Bonchev–Trinajstić information content (AvgIpc) is 2.10. The molecule has 5 nitrogen and oxygen atoms in total. The van der Waals surface area contributed by atoms with Gasteiger partial charge in [-0.05, 0) is 20.8 Å². The molecule has 0 aliphatic carbocycles. The topological polar surface area (TPSA) is 83.6 Å². The van der Waals surface area contributed by atoms with Crippen molar-refractivity contribution in [2.24, 2.45) is 11.7 Å². The summed E-state index contributed by atoms with van der Waals surface area (Å²) in [6.45, 7) is 7.34. The molecule has 5 heteroatoms. The van der Waals surface area contributed by atoms with Gasteiger partial charge < -0.3 is 10.8 Å². The van der Waals surface area contributed by atoms with E-state index in [2.05, 4.69) is 0 Å². The van der Waals surface area contributed by atoms with E-state index in [1.807, 2.05) is 13.8 Å². The second-order valence-electron chi connectivity index (χ2n) is 4.10. The minimum Gasteiger partial charge on any atom is -0.481 e. The SMILES string of the molecule is CC(C(=O)O)C(C)N(CC(N)=O)C(C)C. The van der Waals surface area contributed by atoms with E-state index in [9.17, 15) is 9.59 Å². The fourth-order valence-corrected chi connectivity index (χ4v) is 1.47. The standard InChI is InChI=1S/C10H20N2O3/c1-6(2)12(5-9(11)13)8(4)7(3)10(14)15/h6-8H,5H2,1-4H3,(H2,11,13)(H,14,15). The first-order valence-electron chi connectivity index (χ1n) is 5.04. The number of amides is 1. The minimum absolute atomic E-state index is 0.0919. The number of carboxylic acid groups (broad SMARTS) is 1. The van der Waals surface area contributed by atoms with Gasteiger partial charge in [0.15, 0.2) is 0 Å². The van der Waals surface area contributed by atoms with Gasteiger partial charge in [0.2, 0.25) is 5.91 Å². The van der Waals surface area contributed by atoms with Crippen LogP contribution in [-0.4, -0.2) is 40.5 Å². The van der Waals surface area contributed by atoms with Crippen LogP contribution in [0.3, 0.4) is 0 Å². The van der Waals surface area contributed by atoms with E-state index in [1.54, 1.807) is 18.7 Å². The third kappa shape index (κ3) is 4.29. The van der Waals surface area contributed by atoms with Crippen molar-refractivity contribution < 1.29 is 14.7 Å². The monoisotopic (exact) mass is 216 g/mol. The van der Waals surface area contributed by atoms with Crippen LogP contribution < -0.4 is 5.73 Å². The predicted molar refractivity (Wildman–Crippen MR) is 57.3 cm³/mol. The van der Waals surface area contributed by atoms with Crippen LogP contribution in [0.25, 0.3) is 0 Å². The number of carboxylic acids is 1. The number of aliphatic carboxylic acids is 1. The Morgan fingerprint density at radius 2 is 1.73 bits per heavy atom. The predicted octanol–water partition coefficient (Wildman–Crippen LogP) is 0.291. The van der Waals surface area contributed by atoms with E-state index in [-0.39, 0.29) is 18.6 Å². The molecule has 1 amide bonds. The van der Waals surface area contributed by atoms with E-state index >= 15 is 0 Å². The Balaban J connectivity index is 4.61. The highest BCUT2D eigenvalue weighted by molar-refractivity contribution is 5.76. The molecule has 0 rings (SSSR count). The molecule has 0 bridgehead atoms. The van der Waals surface area contributed by atoms with Crippen LogP contribution in [0, 0.1) is 5.92 Å². The molecule has 88 valence electrons. The molecule has 0 saturated heterocycles. The summed E-state index contributed by atoms with van der Waals surface area (Å²) in [4.78, 5) is 23.4. The van der Waals surface area contributed by atoms with Crippen LogP contribution in [0.4, 0.5) is 0 Å². The highest BCUT2D eigenvalue weighted by atomic mass is 16.4. The maximum Gasteiger partial charge on any atom is 0.307 e. The molecule has 0 radical (unpaired) electrons. The molecule has 0 fully saturated rings. The van der Waals surface area contributed by atoms with Crippen LogP contribution in [0.5, 0.6) is 0 Å². The van der Waals surface area contributed by atoms with Gasteiger partial charge in [0.25, 0.3) is 0 Å². The van der Waals surface area contributed by atoms with Crippen molar-refractivity contribution in [3.05, 3.63) is 0 Å². The number of rotatable bonds is 6. The first-order chi connectivity index (χ1) is 6.77. The fraction of sp³-hybridized carbons (Fsp3) is 0.800. The van der Waals surface area contributed by atoms with Gasteiger partial charge in [-0.1, -0.05) is 6.92 Å². The summed E-state index contributed by atoms with van der Waals surface area (Å²) in [6.07, 6.45) is 0. The smallest absolute Gasteiger partial charge is 0.307 e. The van der Waals surface area contributed by atoms with Gasteiger partial charge in [-0.3, -0.25) is 14.5 Å². The van der Waals surface area contributed by atoms with Crippen molar-refractivity contribution in [1.29, 1.82) is 0 Å². The lowest BCUT2D eigenvalue weighted by Crippen LogP contribution is -2.48. The molecule has 0 aliphatic heterocycles. The number of hydrogen-bond acceptors (Lipinski definition) is 3. The van der Waals surface area contributed by atoms with Crippen LogP contribution in [-0.2, 0) is 9.59 Å². The summed E-state index contributed by atoms with van der Waals surface area (Å²) in [5.41, 5.74) is 5.12. The van der Waals surface area contributed by atoms with Gasteiger partial charge in [0, 0.05) is 12.1 Å². The maximum absolute atomic E-state index is 10.8.